The lowest BCUT2D eigenvalue weighted by Crippen LogP contribution is -2.52. The SMILES string of the molecule is CN1CCCC1c1cc(O)c2c(c1)C[C@H]1C[C@@H]3[C@@H](C(=O)C(C(N)=O)=C(O)[C@H]3N)C(O)=C1C2=O. The Kier molecular flexibility index (Phi) is 4.88. The Morgan fingerprint density at radius 2 is 1.88 bits per heavy atom. The highest BCUT2D eigenvalue weighted by atomic mass is 16.3. The van der Waals surface area contributed by atoms with Crippen molar-refractivity contribution in [2.75, 3.05) is 13.6 Å². The topological polar surface area (TPSA) is 167 Å². The average Bonchev–Trinajstić information content (AvgIpc) is 3.17. The number of nitrogens with two attached hydrogens (primary N) is 2. The fraction of sp³-hybridized carbons (Fsp3) is 0.458. The summed E-state index contributed by atoms with van der Waals surface area (Å²) in [6.07, 6.45) is 2.68. The number of benzene rings is 1. The predicted molar refractivity (Wildman–Crippen MR) is 117 cm³/mol. The van der Waals surface area contributed by atoms with Crippen molar-refractivity contribution in [1.82, 2.24) is 4.90 Å². The number of allylic oxidation sites excluding steroid dienone is 2. The first-order chi connectivity index (χ1) is 15.6. The highest BCUT2D eigenvalue weighted by molar-refractivity contribution is 6.22. The normalized spacial score (nSPS) is 32.0. The van der Waals surface area contributed by atoms with Crippen molar-refractivity contribution in [1.29, 1.82) is 0 Å². The number of ketones is 2. The number of aliphatic hydroxyl groups is 2. The van der Waals surface area contributed by atoms with Crippen LogP contribution in [0, 0.1) is 17.8 Å². The molecule has 1 heterocycles. The quantitative estimate of drug-likeness (QED) is 0.416. The molecule has 0 spiro atoms. The largest absolute Gasteiger partial charge is 0.511 e. The first kappa shape index (κ1) is 21.7. The third-order valence-electron chi connectivity index (χ3n) is 7.84. The number of hydrogen-bond donors (Lipinski definition) is 5. The van der Waals surface area contributed by atoms with Gasteiger partial charge in [-0.15, -0.1) is 0 Å². The number of aromatic hydroxyl groups is 1. The molecule has 7 N–H and O–H groups in total. The van der Waals surface area contributed by atoms with E-state index in [0.717, 1.165) is 24.9 Å². The van der Waals surface area contributed by atoms with Gasteiger partial charge in [-0.25, -0.2) is 0 Å². The van der Waals surface area contributed by atoms with E-state index in [1.807, 2.05) is 13.1 Å². The molecule has 0 saturated carbocycles. The van der Waals surface area contributed by atoms with Crippen LogP contribution in [0.3, 0.4) is 0 Å². The van der Waals surface area contributed by atoms with Crippen LogP contribution in [0.2, 0.25) is 0 Å². The molecule has 1 amide bonds. The van der Waals surface area contributed by atoms with Gasteiger partial charge in [0.15, 0.2) is 11.6 Å². The van der Waals surface area contributed by atoms with Gasteiger partial charge in [-0.05, 0) is 68.3 Å². The fourth-order valence-electron chi connectivity index (χ4n) is 6.28. The third-order valence-corrected chi connectivity index (χ3v) is 7.84. The number of Topliss-reactive ketones (excluding diaryl/α,β-unsaturated/α-hetero) is 2. The molecular formula is C24H27N3O6. The van der Waals surface area contributed by atoms with E-state index in [-0.39, 0.29) is 29.3 Å². The number of carbonyl (C=O) groups is 3. The molecule has 0 radical (unpaired) electrons. The lowest BCUT2D eigenvalue weighted by Gasteiger charge is -2.43. The second-order valence-electron chi connectivity index (χ2n) is 9.63. The van der Waals surface area contributed by atoms with Crippen LogP contribution in [0.5, 0.6) is 5.75 Å². The summed E-state index contributed by atoms with van der Waals surface area (Å²) in [6, 6.07) is 2.66. The first-order valence-corrected chi connectivity index (χ1v) is 11.2. The second kappa shape index (κ2) is 7.43. The Morgan fingerprint density at radius 1 is 1.15 bits per heavy atom. The number of fused-ring (bicyclic) bond motifs is 3. The molecular weight excluding hydrogens is 426 g/mol. The molecule has 0 aromatic heterocycles. The van der Waals surface area contributed by atoms with Crippen LogP contribution in [0.1, 0.15) is 46.8 Å². The zero-order chi connectivity index (χ0) is 23.8. The van der Waals surface area contributed by atoms with E-state index in [1.54, 1.807) is 6.07 Å². The van der Waals surface area contributed by atoms with Crippen LogP contribution < -0.4 is 11.5 Å². The summed E-state index contributed by atoms with van der Waals surface area (Å²) in [7, 11) is 2.03. The third kappa shape index (κ3) is 3.02. The second-order valence-corrected chi connectivity index (χ2v) is 9.63. The number of nitrogens with zero attached hydrogens (tertiary/aromatic N) is 1. The molecule has 1 aromatic rings. The van der Waals surface area contributed by atoms with Crippen LogP contribution in [0.15, 0.2) is 34.8 Å². The lowest BCUT2D eigenvalue weighted by molar-refractivity contribution is -0.126. The Hall–Kier alpha value is -3.17. The number of amides is 1. The van der Waals surface area contributed by atoms with Gasteiger partial charge in [-0.3, -0.25) is 19.3 Å². The van der Waals surface area contributed by atoms with Crippen molar-refractivity contribution in [2.24, 2.45) is 29.2 Å². The molecule has 1 aromatic carbocycles. The van der Waals surface area contributed by atoms with Gasteiger partial charge in [0.1, 0.15) is 22.8 Å². The minimum absolute atomic E-state index is 0.0653. The summed E-state index contributed by atoms with van der Waals surface area (Å²) in [6.45, 7) is 0.962. The molecule has 33 heavy (non-hydrogen) atoms. The molecule has 5 rings (SSSR count). The van der Waals surface area contributed by atoms with Crippen molar-refractivity contribution in [2.45, 2.75) is 37.8 Å². The van der Waals surface area contributed by atoms with Crippen molar-refractivity contribution >= 4 is 17.5 Å². The van der Waals surface area contributed by atoms with E-state index in [9.17, 15) is 29.7 Å². The van der Waals surface area contributed by atoms with Crippen LogP contribution >= 0.6 is 0 Å². The van der Waals surface area contributed by atoms with E-state index in [4.69, 9.17) is 11.5 Å². The Balaban J connectivity index is 1.59. The van der Waals surface area contributed by atoms with Crippen molar-refractivity contribution in [3.63, 3.8) is 0 Å². The maximum absolute atomic E-state index is 13.4. The van der Waals surface area contributed by atoms with E-state index in [1.165, 1.54) is 0 Å². The number of hydrogen-bond acceptors (Lipinski definition) is 8. The number of rotatable bonds is 2. The maximum atomic E-state index is 13.4. The molecule has 5 atom stereocenters. The van der Waals surface area contributed by atoms with Crippen LogP contribution in [0.25, 0.3) is 0 Å². The molecule has 9 nitrogen and oxygen atoms in total. The molecule has 1 fully saturated rings. The average molecular weight is 453 g/mol. The number of likely N-dealkylation sites (tertiary alicyclic amines) is 1. The molecule has 9 heteroatoms. The van der Waals surface area contributed by atoms with Crippen molar-refractivity contribution < 1.29 is 29.7 Å². The first-order valence-electron chi connectivity index (χ1n) is 11.2. The highest BCUT2D eigenvalue weighted by Crippen LogP contribution is 2.49. The molecule has 1 saturated heterocycles. The number of carbonyl (C=O) groups excluding carboxylic acids is 3. The zero-order valence-corrected chi connectivity index (χ0v) is 18.2. The fourth-order valence-corrected chi connectivity index (χ4v) is 6.28. The summed E-state index contributed by atoms with van der Waals surface area (Å²) in [5, 5.41) is 32.2. The molecule has 1 unspecified atom stereocenters. The lowest BCUT2D eigenvalue weighted by atomic mass is 9.61. The van der Waals surface area contributed by atoms with E-state index in [0.29, 0.717) is 12.0 Å². The number of phenols is 1. The molecule has 0 bridgehead atoms. The smallest absolute Gasteiger partial charge is 0.255 e. The summed E-state index contributed by atoms with van der Waals surface area (Å²) in [5.41, 5.74) is 12.6. The van der Waals surface area contributed by atoms with Gasteiger partial charge in [0, 0.05) is 11.6 Å². The van der Waals surface area contributed by atoms with Gasteiger partial charge in [-0.1, -0.05) is 6.07 Å². The van der Waals surface area contributed by atoms with Gasteiger partial charge in [-0.2, -0.15) is 0 Å². The summed E-state index contributed by atoms with van der Waals surface area (Å²) >= 11 is 0. The van der Waals surface area contributed by atoms with Crippen LogP contribution in [-0.2, 0) is 16.0 Å². The number of phenolic OH excluding ortho intramolecular Hbond substituents is 1. The van der Waals surface area contributed by atoms with E-state index < -0.39 is 58.4 Å². The monoisotopic (exact) mass is 453 g/mol. The summed E-state index contributed by atoms with van der Waals surface area (Å²) in [4.78, 5) is 40.4. The van der Waals surface area contributed by atoms with Gasteiger partial charge < -0.3 is 26.8 Å². The van der Waals surface area contributed by atoms with Gasteiger partial charge in [0.05, 0.1) is 17.5 Å². The summed E-state index contributed by atoms with van der Waals surface area (Å²) < 4.78 is 0. The maximum Gasteiger partial charge on any atom is 0.255 e. The molecule has 4 aliphatic rings. The Morgan fingerprint density at radius 3 is 2.52 bits per heavy atom. The number of primary amides is 1. The molecule has 3 aliphatic carbocycles. The minimum atomic E-state index is -1.23. The van der Waals surface area contributed by atoms with Gasteiger partial charge >= 0.3 is 0 Å². The highest BCUT2D eigenvalue weighted by Gasteiger charge is 2.53. The predicted octanol–water partition coefficient (Wildman–Crippen LogP) is 1.17. The van der Waals surface area contributed by atoms with Crippen molar-refractivity contribution in [3.8, 4) is 5.75 Å². The number of aliphatic hydroxyl groups excluding tert-OH is 2. The minimum Gasteiger partial charge on any atom is -0.511 e. The van der Waals surface area contributed by atoms with Crippen LogP contribution in [-0.4, -0.2) is 57.3 Å². The van der Waals surface area contributed by atoms with Gasteiger partial charge in [0.2, 0.25) is 0 Å². The Bertz CT molecular complexity index is 1170. The molecule has 1 aliphatic heterocycles. The standard InChI is InChI=1S/C24H27N3O6/c1-27-4-2-3-13(27)9-5-10-6-11-7-12-17(22(31)18(24(26)33)23(32)19(12)25)21(30)16(11)20(29)15(10)14(28)8-9/h5,8,11-13,17,19,28,30,32H,2-4,6-7,25H2,1H3,(H2,26,33)/t11-,12+,13?,17+,19-/m0/s1. The summed E-state index contributed by atoms with van der Waals surface area (Å²) in [5.74, 6) is -5.99. The zero-order valence-electron chi connectivity index (χ0n) is 18.2. The Labute approximate surface area is 190 Å². The van der Waals surface area contributed by atoms with Gasteiger partial charge in [0.25, 0.3) is 5.91 Å². The van der Waals surface area contributed by atoms with Crippen molar-refractivity contribution in [3.05, 3.63) is 51.5 Å². The van der Waals surface area contributed by atoms with E-state index >= 15 is 0 Å². The van der Waals surface area contributed by atoms with Crippen LogP contribution in [0.4, 0.5) is 0 Å². The van der Waals surface area contributed by atoms with E-state index in [2.05, 4.69) is 4.90 Å². The molecule has 174 valence electrons.